The number of hydrogen-bond donors (Lipinski definition) is 3. The summed E-state index contributed by atoms with van der Waals surface area (Å²) in [4.78, 5) is 11.4. The lowest BCUT2D eigenvalue weighted by molar-refractivity contribution is 0.0953. The molecule has 1 aromatic rings. The van der Waals surface area contributed by atoms with E-state index >= 15 is 0 Å². The van der Waals surface area contributed by atoms with Gasteiger partial charge in [0.05, 0.1) is 17.4 Å². The van der Waals surface area contributed by atoms with Crippen molar-refractivity contribution in [3.63, 3.8) is 0 Å². The first-order chi connectivity index (χ1) is 7.85. The minimum atomic E-state index is -3.81. The summed E-state index contributed by atoms with van der Waals surface area (Å²) in [5.41, 5.74) is 2.00. The van der Waals surface area contributed by atoms with Crippen LogP contribution in [0.2, 0.25) is 0 Å². The molecule has 17 heavy (non-hydrogen) atoms. The van der Waals surface area contributed by atoms with Gasteiger partial charge in [-0.2, -0.15) is 8.42 Å². The van der Waals surface area contributed by atoms with Crippen molar-refractivity contribution in [1.29, 1.82) is 5.41 Å². The van der Waals surface area contributed by atoms with Gasteiger partial charge in [0.15, 0.2) is 0 Å². The molecular formula is C9H11N3O4S. The molecule has 0 saturated carbocycles. The number of rotatable bonds is 3. The number of amides is 1. The van der Waals surface area contributed by atoms with E-state index in [0.29, 0.717) is 0 Å². The first-order valence-electron chi connectivity index (χ1n) is 4.43. The van der Waals surface area contributed by atoms with Gasteiger partial charge in [0.1, 0.15) is 0 Å². The van der Waals surface area contributed by atoms with Crippen molar-refractivity contribution in [2.45, 2.75) is 0 Å². The minimum Gasteiger partial charge on any atom is -0.362 e. The average molecular weight is 257 g/mol. The number of hydrazine groups is 1. The first kappa shape index (κ1) is 13.1. The van der Waals surface area contributed by atoms with E-state index < -0.39 is 21.9 Å². The van der Waals surface area contributed by atoms with Gasteiger partial charge in [0.2, 0.25) is 5.90 Å². The summed E-state index contributed by atoms with van der Waals surface area (Å²) in [5, 5.41) is 7.47. The van der Waals surface area contributed by atoms with E-state index in [2.05, 4.69) is 4.18 Å². The van der Waals surface area contributed by atoms with Crippen molar-refractivity contribution in [3.8, 4) is 0 Å². The second-order valence-corrected chi connectivity index (χ2v) is 4.71. The molecule has 0 bridgehead atoms. The van der Waals surface area contributed by atoms with E-state index in [-0.39, 0.29) is 11.1 Å². The Hall–Kier alpha value is -1.93. The molecule has 0 aliphatic heterocycles. The van der Waals surface area contributed by atoms with E-state index in [9.17, 15) is 13.2 Å². The second-order valence-electron chi connectivity index (χ2n) is 3.14. The monoisotopic (exact) mass is 257 g/mol. The third kappa shape index (κ3) is 3.54. The summed E-state index contributed by atoms with van der Waals surface area (Å²) < 4.78 is 26.1. The van der Waals surface area contributed by atoms with Crippen molar-refractivity contribution < 1.29 is 17.4 Å². The maximum Gasteiger partial charge on any atom is 0.307 e. The predicted octanol–water partition coefficient (Wildman–Crippen LogP) is -0.408. The summed E-state index contributed by atoms with van der Waals surface area (Å²) in [6.45, 7) is 0. The van der Waals surface area contributed by atoms with Crippen LogP contribution < -0.4 is 11.3 Å². The SMILES string of the molecule is CS(=O)(=O)OC(=N)c1ccccc1C(=O)NN. The number of carbonyl (C=O) groups is 1. The molecule has 1 rings (SSSR count). The number of nitrogens with one attached hydrogen (secondary N) is 2. The quantitative estimate of drug-likeness (QED) is 0.170. The largest absolute Gasteiger partial charge is 0.362 e. The number of nitrogens with two attached hydrogens (primary N) is 1. The van der Waals surface area contributed by atoms with Gasteiger partial charge in [-0.05, 0) is 12.1 Å². The maximum atomic E-state index is 11.4. The summed E-state index contributed by atoms with van der Waals surface area (Å²) in [7, 11) is -3.81. The van der Waals surface area contributed by atoms with Crippen LogP contribution in [0.1, 0.15) is 15.9 Å². The number of benzene rings is 1. The molecule has 7 nitrogen and oxygen atoms in total. The summed E-state index contributed by atoms with van der Waals surface area (Å²) in [6, 6.07) is 5.89. The molecule has 1 amide bonds. The maximum absolute atomic E-state index is 11.4. The third-order valence-corrected chi connectivity index (χ3v) is 2.25. The average Bonchev–Trinajstić information content (AvgIpc) is 2.25. The normalized spacial score (nSPS) is 10.7. The molecule has 0 aromatic heterocycles. The topological polar surface area (TPSA) is 122 Å². The van der Waals surface area contributed by atoms with Crippen LogP contribution in [0.15, 0.2) is 24.3 Å². The summed E-state index contributed by atoms with van der Waals surface area (Å²) in [6.07, 6.45) is 0.813. The molecule has 0 heterocycles. The van der Waals surface area contributed by atoms with Crippen LogP contribution >= 0.6 is 0 Å². The van der Waals surface area contributed by atoms with Crippen LogP contribution in [0.25, 0.3) is 0 Å². The third-order valence-electron chi connectivity index (χ3n) is 1.78. The molecule has 0 spiro atoms. The smallest absolute Gasteiger partial charge is 0.307 e. The van der Waals surface area contributed by atoms with Crippen LogP contribution in [0.5, 0.6) is 0 Å². The lowest BCUT2D eigenvalue weighted by atomic mass is 10.1. The fraction of sp³-hybridized carbons (Fsp3) is 0.111. The highest BCUT2D eigenvalue weighted by Crippen LogP contribution is 2.11. The Bertz CT molecular complexity index is 553. The van der Waals surface area contributed by atoms with Gasteiger partial charge in [-0.1, -0.05) is 12.1 Å². The van der Waals surface area contributed by atoms with E-state index in [1.165, 1.54) is 12.1 Å². The molecule has 0 aliphatic carbocycles. The molecule has 0 saturated heterocycles. The van der Waals surface area contributed by atoms with E-state index in [0.717, 1.165) is 6.26 Å². The van der Waals surface area contributed by atoms with Crippen LogP contribution in [0, 0.1) is 5.41 Å². The molecule has 0 aliphatic rings. The van der Waals surface area contributed by atoms with E-state index in [1.54, 1.807) is 12.1 Å². The molecule has 92 valence electrons. The van der Waals surface area contributed by atoms with Crippen molar-refractivity contribution in [3.05, 3.63) is 35.4 Å². The fourth-order valence-electron chi connectivity index (χ4n) is 1.15. The van der Waals surface area contributed by atoms with E-state index in [1.807, 2.05) is 5.43 Å². The lowest BCUT2D eigenvalue weighted by Crippen LogP contribution is -2.31. The molecule has 8 heteroatoms. The Balaban J connectivity index is 3.14. The molecule has 0 radical (unpaired) electrons. The Kier molecular flexibility index (Phi) is 3.81. The van der Waals surface area contributed by atoms with Crippen LogP contribution in [0.3, 0.4) is 0 Å². The highest BCUT2D eigenvalue weighted by atomic mass is 32.2. The molecule has 0 fully saturated rings. The minimum absolute atomic E-state index is 0.0425. The Morgan fingerprint density at radius 1 is 1.35 bits per heavy atom. The van der Waals surface area contributed by atoms with Gasteiger partial charge in [-0.15, -0.1) is 0 Å². The van der Waals surface area contributed by atoms with Crippen molar-refractivity contribution >= 4 is 21.9 Å². The Morgan fingerprint density at radius 2 is 1.88 bits per heavy atom. The highest BCUT2D eigenvalue weighted by molar-refractivity contribution is 7.86. The van der Waals surface area contributed by atoms with Crippen molar-refractivity contribution in [1.82, 2.24) is 5.43 Å². The second kappa shape index (κ2) is 4.93. The van der Waals surface area contributed by atoms with Gasteiger partial charge in [-0.25, -0.2) is 5.84 Å². The Morgan fingerprint density at radius 3 is 2.35 bits per heavy atom. The zero-order valence-corrected chi connectivity index (χ0v) is 9.74. The van der Waals surface area contributed by atoms with Gasteiger partial charge in [-0.3, -0.25) is 15.6 Å². The number of hydrogen-bond acceptors (Lipinski definition) is 6. The van der Waals surface area contributed by atoms with Gasteiger partial charge in [0.25, 0.3) is 5.91 Å². The van der Waals surface area contributed by atoms with E-state index in [4.69, 9.17) is 11.3 Å². The highest BCUT2D eigenvalue weighted by Gasteiger charge is 2.17. The zero-order chi connectivity index (χ0) is 13.1. The van der Waals surface area contributed by atoms with Gasteiger partial charge >= 0.3 is 10.1 Å². The zero-order valence-electron chi connectivity index (χ0n) is 8.93. The fourth-order valence-corrected chi connectivity index (χ4v) is 1.55. The summed E-state index contributed by atoms with van der Waals surface area (Å²) >= 11 is 0. The lowest BCUT2D eigenvalue weighted by Gasteiger charge is -2.08. The number of nitrogen functional groups attached to an aromatic ring is 1. The van der Waals surface area contributed by atoms with Crippen LogP contribution in [-0.4, -0.2) is 26.5 Å². The molecule has 0 unspecified atom stereocenters. The van der Waals surface area contributed by atoms with Crippen molar-refractivity contribution in [2.24, 2.45) is 5.84 Å². The predicted molar refractivity (Wildman–Crippen MR) is 60.9 cm³/mol. The molecular weight excluding hydrogens is 246 g/mol. The number of carbonyl (C=O) groups excluding carboxylic acids is 1. The standard InChI is InChI=1S/C9H11N3O4S/c1-17(14,15)16-8(10)6-4-2-3-5-7(6)9(13)12-11/h2-5,10H,11H2,1H3,(H,12,13). The van der Waals surface area contributed by atoms with Crippen LogP contribution in [0.4, 0.5) is 0 Å². The molecule has 1 aromatic carbocycles. The Labute approximate surface area is 98.2 Å². The molecule has 0 atom stereocenters. The van der Waals surface area contributed by atoms with Crippen molar-refractivity contribution in [2.75, 3.05) is 6.26 Å². The van der Waals surface area contributed by atoms with Gasteiger partial charge in [0, 0.05) is 0 Å². The van der Waals surface area contributed by atoms with Crippen LogP contribution in [-0.2, 0) is 14.3 Å². The summed E-state index contributed by atoms with van der Waals surface area (Å²) in [5.74, 6) is 3.70. The molecule has 4 N–H and O–H groups in total. The first-order valence-corrected chi connectivity index (χ1v) is 6.25. The van der Waals surface area contributed by atoms with Gasteiger partial charge < -0.3 is 4.18 Å².